The number of hydrogen-bond acceptors (Lipinski definition) is 3. The Labute approximate surface area is 141 Å². The summed E-state index contributed by atoms with van der Waals surface area (Å²) in [6, 6.07) is 8.40. The molecule has 2 saturated heterocycles. The third-order valence-electron chi connectivity index (χ3n) is 5.37. The van der Waals surface area contributed by atoms with Crippen LogP contribution in [0.2, 0.25) is 5.02 Å². The number of fused-ring (bicyclic) bond motifs is 2. The average Bonchev–Trinajstić information content (AvgIpc) is 2.78. The SMILES string of the molecule is C[C@H](CF)OC(=O)[C@H]1[C@@H](c2ccc(Cl)cc2)C[C@@H]2CC[C@H]1N2C. The number of ether oxygens (including phenoxy) is 1. The molecule has 23 heavy (non-hydrogen) atoms. The van der Waals surface area contributed by atoms with Crippen LogP contribution in [0.1, 0.15) is 37.7 Å². The van der Waals surface area contributed by atoms with Crippen LogP contribution in [0.15, 0.2) is 24.3 Å². The molecule has 2 aliphatic heterocycles. The summed E-state index contributed by atoms with van der Waals surface area (Å²) in [5, 5.41) is 0.690. The second-order valence-electron chi connectivity index (χ2n) is 6.79. The number of esters is 1. The standard InChI is InChI=1S/C18H23ClFNO2/c1-11(10-20)23-18(22)17-15(12-3-5-13(19)6-4-12)9-14-7-8-16(17)21(14)2/h3-6,11,14-17H,7-10H2,1-2H3/t11-,14+,15-,16-,17+/m1/s1. The predicted octanol–water partition coefficient (Wildman–Crippen LogP) is 3.81. The first-order valence-electron chi connectivity index (χ1n) is 8.25. The van der Waals surface area contributed by atoms with Crippen LogP contribution in [-0.2, 0) is 9.53 Å². The van der Waals surface area contributed by atoms with Crippen LogP contribution in [0.25, 0.3) is 0 Å². The van der Waals surface area contributed by atoms with Crippen LogP contribution in [-0.4, -0.2) is 42.8 Å². The van der Waals surface area contributed by atoms with E-state index < -0.39 is 12.8 Å². The number of rotatable bonds is 4. The Morgan fingerprint density at radius 3 is 2.74 bits per heavy atom. The van der Waals surface area contributed by atoms with Gasteiger partial charge in [0.1, 0.15) is 12.8 Å². The number of benzene rings is 1. The Balaban J connectivity index is 1.89. The average molecular weight is 340 g/mol. The van der Waals surface area contributed by atoms with E-state index in [4.69, 9.17) is 16.3 Å². The van der Waals surface area contributed by atoms with E-state index >= 15 is 0 Å². The van der Waals surface area contributed by atoms with Gasteiger partial charge in [-0.05, 0) is 50.9 Å². The second-order valence-corrected chi connectivity index (χ2v) is 7.22. The van der Waals surface area contributed by atoms with Crippen LogP contribution in [0, 0.1) is 5.92 Å². The van der Waals surface area contributed by atoms with Crippen LogP contribution in [0.4, 0.5) is 4.39 Å². The van der Waals surface area contributed by atoms with E-state index in [-0.39, 0.29) is 23.8 Å². The molecular weight excluding hydrogens is 317 g/mol. The lowest BCUT2D eigenvalue weighted by molar-refractivity contribution is -0.158. The lowest BCUT2D eigenvalue weighted by atomic mass is 9.76. The third kappa shape index (κ3) is 3.24. The summed E-state index contributed by atoms with van der Waals surface area (Å²) in [6.07, 6.45) is 2.35. The summed E-state index contributed by atoms with van der Waals surface area (Å²) < 4.78 is 18.1. The maximum absolute atomic E-state index is 12.7. The minimum atomic E-state index is -0.683. The lowest BCUT2D eigenvalue weighted by Gasteiger charge is -2.42. The predicted molar refractivity (Wildman–Crippen MR) is 88.4 cm³/mol. The van der Waals surface area contributed by atoms with Gasteiger partial charge in [-0.2, -0.15) is 0 Å². The van der Waals surface area contributed by atoms with Crippen molar-refractivity contribution in [1.82, 2.24) is 4.90 Å². The Hall–Kier alpha value is -1.13. The van der Waals surface area contributed by atoms with E-state index in [1.54, 1.807) is 6.92 Å². The van der Waals surface area contributed by atoms with Crippen molar-refractivity contribution < 1.29 is 13.9 Å². The molecule has 0 unspecified atom stereocenters. The maximum Gasteiger partial charge on any atom is 0.311 e. The van der Waals surface area contributed by atoms with E-state index in [2.05, 4.69) is 11.9 Å². The second kappa shape index (κ2) is 6.78. The third-order valence-corrected chi connectivity index (χ3v) is 5.63. The summed E-state index contributed by atoms with van der Waals surface area (Å²) in [4.78, 5) is 15.0. The molecule has 126 valence electrons. The summed E-state index contributed by atoms with van der Waals surface area (Å²) in [5.74, 6) is -0.401. The fraction of sp³-hybridized carbons (Fsp3) is 0.611. The molecule has 0 radical (unpaired) electrons. The number of piperidine rings is 1. The zero-order valence-electron chi connectivity index (χ0n) is 13.5. The molecule has 2 heterocycles. The molecule has 0 aromatic heterocycles. The molecule has 1 aromatic rings. The first kappa shape index (κ1) is 16.7. The van der Waals surface area contributed by atoms with Crippen molar-refractivity contribution in [2.75, 3.05) is 13.7 Å². The summed E-state index contributed by atoms with van der Waals surface area (Å²) in [5.41, 5.74) is 1.12. The summed E-state index contributed by atoms with van der Waals surface area (Å²) in [6.45, 7) is 0.951. The van der Waals surface area contributed by atoms with E-state index in [0.29, 0.717) is 11.1 Å². The molecule has 5 heteroatoms. The minimum Gasteiger partial charge on any atom is -0.460 e. The molecule has 0 saturated carbocycles. The highest BCUT2D eigenvalue weighted by atomic mass is 35.5. The molecule has 5 atom stereocenters. The van der Waals surface area contributed by atoms with E-state index in [0.717, 1.165) is 24.8 Å². The number of alkyl halides is 1. The first-order valence-corrected chi connectivity index (χ1v) is 8.63. The normalized spacial score (nSPS) is 31.8. The van der Waals surface area contributed by atoms with Crippen molar-refractivity contribution in [2.45, 2.75) is 50.3 Å². The van der Waals surface area contributed by atoms with Crippen molar-refractivity contribution >= 4 is 17.6 Å². The Morgan fingerprint density at radius 2 is 2.09 bits per heavy atom. The number of nitrogens with zero attached hydrogens (tertiary/aromatic N) is 1. The smallest absolute Gasteiger partial charge is 0.311 e. The van der Waals surface area contributed by atoms with Crippen LogP contribution in [0.3, 0.4) is 0 Å². The minimum absolute atomic E-state index is 0.111. The van der Waals surface area contributed by atoms with Gasteiger partial charge in [-0.3, -0.25) is 9.69 Å². The van der Waals surface area contributed by atoms with Gasteiger partial charge in [-0.25, -0.2) is 4.39 Å². The Kier molecular flexibility index (Phi) is 4.93. The van der Waals surface area contributed by atoms with Gasteiger partial charge in [0.05, 0.1) is 5.92 Å². The number of halogens is 2. The zero-order valence-corrected chi connectivity index (χ0v) is 14.3. The highest BCUT2D eigenvalue weighted by molar-refractivity contribution is 6.30. The van der Waals surface area contributed by atoms with Crippen molar-refractivity contribution in [3.8, 4) is 0 Å². The number of hydrogen-bond donors (Lipinski definition) is 0. The molecule has 1 aromatic carbocycles. The van der Waals surface area contributed by atoms with Crippen LogP contribution in [0.5, 0.6) is 0 Å². The monoisotopic (exact) mass is 339 g/mol. The first-order chi connectivity index (χ1) is 11.0. The van der Waals surface area contributed by atoms with E-state index in [9.17, 15) is 9.18 Å². The van der Waals surface area contributed by atoms with Gasteiger partial charge >= 0.3 is 5.97 Å². The summed E-state index contributed by atoms with van der Waals surface area (Å²) >= 11 is 5.99. The molecule has 3 rings (SSSR count). The van der Waals surface area contributed by atoms with Crippen LogP contribution < -0.4 is 0 Å². The fourth-order valence-corrected chi connectivity index (χ4v) is 4.28. The molecule has 2 fully saturated rings. The summed E-state index contributed by atoms with van der Waals surface area (Å²) in [7, 11) is 2.08. The molecule has 0 spiro atoms. The molecule has 0 N–H and O–H groups in total. The molecule has 0 aliphatic carbocycles. The Bertz CT molecular complexity index is 565. The largest absolute Gasteiger partial charge is 0.460 e. The zero-order chi connectivity index (χ0) is 16.6. The van der Waals surface area contributed by atoms with Gasteiger partial charge in [0.25, 0.3) is 0 Å². The van der Waals surface area contributed by atoms with Gasteiger partial charge < -0.3 is 4.74 Å². The molecule has 2 bridgehead atoms. The molecular formula is C18H23ClFNO2. The van der Waals surface area contributed by atoms with Crippen molar-refractivity contribution in [2.24, 2.45) is 5.92 Å². The number of carbonyl (C=O) groups is 1. The Morgan fingerprint density at radius 1 is 1.39 bits per heavy atom. The lowest BCUT2D eigenvalue weighted by Crippen LogP contribution is -2.49. The van der Waals surface area contributed by atoms with E-state index in [1.165, 1.54) is 0 Å². The van der Waals surface area contributed by atoms with Gasteiger partial charge in [-0.1, -0.05) is 23.7 Å². The van der Waals surface area contributed by atoms with Gasteiger partial charge in [0, 0.05) is 23.0 Å². The fourth-order valence-electron chi connectivity index (χ4n) is 4.15. The molecule has 2 aliphatic rings. The van der Waals surface area contributed by atoms with Gasteiger partial charge in [0.2, 0.25) is 0 Å². The topological polar surface area (TPSA) is 29.5 Å². The van der Waals surface area contributed by atoms with Crippen molar-refractivity contribution in [3.63, 3.8) is 0 Å². The van der Waals surface area contributed by atoms with Gasteiger partial charge in [0.15, 0.2) is 0 Å². The maximum atomic E-state index is 12.7. The van der Waals surface area contributed by atoms with Gasteiger partial charge in [-0.15, -0.1) is 0 Å². The quantitative estimate of drug-likeness (QED) is 0.781. The highest BCUT2D eigenvalue weighted by Gasteiger charge is 2.49. The molecule has 0 amide bonds. The van der Waals surface area contributed by atoms with E-state index in [1.807, 2.05) is 24.3 Å². The van der Waals surface area contributed by atoms with Crippen molar-refractivity contribution in [1.29, 1.82) is 0 Å². The molecule has 3 nitrogen and oxygen atoms in total. The highest BCUT2D eigenvalue weighted by Crippen LogP contribution is 2.46. The van der Waals surface area contributed by atoms with Crippen molar-refractivity contribution in [3.05, 3.63) is 34.9 Å². The number of carbonyl (C=O) groups excluding carboxylic acids is 1. The van der Waals surface area contributed by atoms with Crippen LogP contribution >= 0.6 is 11.6 Å².